The number of aliphatic carboxylic acids is 1. The molecule has 114 valence electrons. The monoisotopic (exact) mass is 290 g/mol. The second-order valence-electron chi connectivity index (χ2n) is 7.27. The van der Waals surface area contributed by atoms with E-state index in [-0.39, 0.29) is 11.8 Å². The lowest BCUT2D eigenvalue weighted by Crippen LogP contribution is -2.24. The third-order valence-corrected chi connectivity index (χ3v) is 5.89. The quantitative estimate of drug-likeness (QED) is 0.901. The van der Waals surface area contributed by atoms with E-state index in [0.29, 0.717) is 18.2 Å². The average molecular weight is 290 g/mol. The van der Waals surface area contributed by atoms with Gasteiger partial charge in [-0.2, -0.15) is 0 Å². The number of rotatable bonds is 5. The standard InChI is InChI=1S/C16H22N2O3/c19-13(20)9-16(6-1-2-7-16)8-12-17-18-15(21-12)14-10-4-3-5-11(10)14/h10-11,14H,1-9H2,(H,19,20). The molecule has 3 aliphatic carbocycles. The fourth-order valence-corrected chi connectivity index (χ4v) is 4.84. The van der Waals surface area contributed by atoms with Crippen molar-refractivity contribution in [3.63, 3.8) is 0 Å². The number of carbonyl (C=O) groups is 1. The first-order chi connectivity index (χ1) is 10.2. The molecule has 0 spiro atoms. The van der Waals surface area contributed by atoms with Crippen LogP contribution >= 0.6 is 0 Å². The number of hydrogen-bond donors (Lipinski definition) is 1. The van der Waals surface area contributed by atoms with Crippen molar-refractivity contribution in [1.82, 2.24) is 10.2 Å². The Morgan fingerprint density at radius 2 is 1.90 bits per heavy atom. The van der Waals surface area contributed by atoms with Crippen molar-refractivity contribution in [2.45, 2.75) is 63.7 Å². The Morgan fingerprint density at radius 3 is 2.57 bits per heavy atom. The van der Waals surface area contributed by atoms with E-state index in [0.717, 1.165) is 43.4 Å². The topological polar surface area (TPSA) is 76.2 Å². The van der Waals surface area contributed by atoms with Gasteiger partial charge >= 0.3 is 5.97 Å². The number of hydrogen-bond acceptors (Lipinski definition) is 4. The summed E-state index contributed by atoms with van der Waals surface area (Å²) in [4.78, 5) is 11.1. The fraction of sp³-hybridized carbons (Fsp3) is 0.812. The van der Waals surface area contributed by atoms with E-state index in [4.69, 9.17) is 9.52 Å². The molecule has 1 aromatic rings. The van der Waals surface area contributed by atoms with E-state index in [1.165, 1.54) is 19.3 Å². The van der Waals surface area contributed by atoms with Gasteiger partial charge in [0.2, 0.25) is 11.8 Å². The Balaban J connectivity index is 1.46. The lowest BCUT2D eigenvalue weighted by atomic mass is 9.79. The predicted molar refractivity (Wildman–Crippen MR) is 74.7 cm³/mol. The van der Waals surface area contributed by atoms with Crippen molar-refractivity contribution < 1.29 is 14.3 Å². The summed E-state index contributed by atoms with van der Waals surface area (Å²) in [5, 5.41) is 17.6. The molecule has 0 aromatic carbocycles. The van der Waals surface area contributed by atoms with Gasteiger partial charge in [-0.05, 0) is 42.9 Å². The number of aromatic nitrogens is 2. The maximum Gasteiger partial charge on any atom is 0.303 e. The summed E-state index contributed by atoms with van der Waals surface area (Å²) in [6, 6.07) is 0. The van der Waals surface area contributed by atoms with Crippen molar-refractivity contribution in [3.8, 4) is 0 Å². The van der Waals surface area contributed by atoms with Crippen LogP contribution in [0, 0.1) is 17.3 Å². The first-order valence-electron chi connectivity index (χ1n) is 8.21. The highest BCUT2D eigenvalue weighted by atomic mass is 16.4. The van der Waals surface area contributed by atoms with Crippen LogP contribution in [0.4, 0.5) is 0 Å². The molecule has 3 fully saturated rings. The fourth-order valence-electron chi connectivity index (χ4n) is 4.84. The minimum atomic E-state index is -0.714. The van der Waals surface area contributed by atoms with Gasteiger partial charge in [-0.25, -0.2) is 0 Å². The van der Waals surface area contributed by atoms with E-state index in [9.17, 15) is 4.79 Å². The highest BCUT2D eigenvalue weighted by Gasteiger charge is 2.56. The summed E-state index contributed by atoms with van der Waals surface area (Å²) >= 11 is 0. The highest BCUT2D eigenvalue weighted by molar-refractivity contribution is 5.67. The summed E-state index contributed by atoms with van der Waals surface area (Å²) in [6.45, 7) is 0. The van der Waals surface area contributed by atoms with Crippen LogP contribution in [0.1, 0.15) is 69.1 Å². The van der Waals surface area contributed by atoms with Crippen molar-refractivity contribution in [2.24, 2.45) is 17.3 Å². The van der Waals surface area contributed by atoms with Crippen molar-refractivity contribution in [2.75, 3.05) is 0 Å². The van der Waals surface area contributed by atoms with Crippen molar-refractivity contribution in [3.05, 3.63) is 11.8 Å². The maximum atomic E-state index is 11.1. The molecule has 3 aliphatic rings. The smallest absolute Gasteiger partial charge is 0.303 e. The van der Waals surface area contributed by atoms with Gasteiger partial charge in [0.05, 0.1) is 6.42 Å². The number of nitrogens with zero attached hydrogens (tertiary/aromatic N) is 2. The van der Waals surface area contributed by atoms with Crippen LogP contribution in [0.3, 0.4) is 0 Å². The number of fused-ring (bicyclic) bond motifs is 1. The lowest BCUT2D eigenvalue weighted by molar-refractivity contribution is -0.139. The van der Waals surface area contributed by atoms with Crippen molar-refractivity contribution >= 4 is 5.97 Å². The van der Waals surface area contributed by atoms with Crippen LogP contribution < -0.4 is 0 Å². The normalized spacial score (nSPS) is 33.0. The Bertz CT molecular complexity index is 537. The van der Waals surface area contributed by atoms with Crippen LogP contribution in [0.15, 0.2) is 4.42 Å². The van der Waals surface area contributed by atoms with E-state index in [1.54, 1.807) is 0 Å². The van der Waals surface area contributed by atoms with E-state index >= 15 is 0 Å². The largest absolute Gasteiger partial charge is 0.481 e. The number of carboxylic acid groups (broad SMARTS) is 1. The summed E-state index contributed by atoms with van der Waals surface area (Å²) in [5.74, 6) is 2.80. The molecule has 0 radical (unpaired) electrons. The van der Waals surface area contributed by atoms with Crippen molar-refractivity contribution in [1.29, 1.82) is 0 Å². The zero-order valence-electron chi connectivity index (χ0n) is 12.3. The van der Waals surface area contributed by atoms with E-state index in [2.05, 4.69) is 10.2 Å². The molecule has 5 nitrogen and oxygen atoms in total. The Morgan fingerprint density at radius 1 is 1.19 bits per heavy atom. The molecule has 0 aliphatic heterocycles. The Kier molecular flexibility index (Phi) is 3.05. The second kappa shape index (κ2) is 4.82. The molecule has 0 bridgehead atoms. The molecule has 21 heavy (non-hydrogen) atoms. The van der Waals surface area contributed by atoms with Gasteiger partial charge in [0.15, 0.2) is 0 Å². The zero-order chi connectivity index (χ0) is 14.4. The van der Waals surface area contributed by atoms with Crippen LogP contribution in [0.25, 0.3) is 0 Å². The molecule has 5 heteroatoms. The Hall–Kier alpha value is -1.39. The first kappa shape index (κ1) is 13.3. The lowest BCUT2D eigenvalue weighted by Gasteiger charge is -2.24. The van der Waals surface area contributed by atoms with E-state index in [1.807, 2.05) is 0 Å². The van der Waals surface area contributed by atoms with Gasteiger partial charge in [-0.1, -0.05) is 19.3 Å². The molecule has 1 heterocycles. The zero-order valence-corrected chi connectivity index (χ0v) is 12.3. The minimum absolute atomic E-state index is 0.158. The molecule has 1 aromatic heterocycles. The number of carboxylic acids is 1. The molecule has 0 amide bonds. The SMILES string of the molecule is O=C(O)CC1(Cc2nnc(C3C4CCCC43)o2)CCCC1. The van der Waals surface area contributed by atoms with Gasteiger partial charge in [0, 0.05) is 12.3 Å². The van der Waals surface area contributed by atoms with Gasteiger partial charge in [0.25, 0.3) is 0 Å². The predicted octanol–water partition coefficient (Wildman–Crippen LogP) is 3.16. The summed E-state index contributed by atoms with van der Waals surface area (Å²) < 4.78 is 5.90. The molecule has 2 unspecified atom stereocenters. The van der Waals surface area contributed by atoms with Gasteiger partial charge in [0.1, 0.15) is 0 Å². The molecule has 4 rings (SSSR count). The summed E-state index contributed by atoms with van der Waals surface area (Å²) in [7, 11) is 0. The summed E-state index contributed by atoms with van der Waals surface area (Å²) in [5.41, 5.74) is -0.158. The molecule has 0 saturated heterocycles. The molecular formula is C16H22N2O3. The second-order valence-corrected chi connectivity index (χ2v) is 7.27. The minimum Gasteiger partial charge on any atom is -0.481 e. The van der Waals surface area contributed by atoms with Gasteiger partial charge in [-0.3, -0.25) is 4.79 Å². The molecule has 1 N–H and O–H groups in total. The molecule has 2 atom stereocenters. The van der Waals surface area contributed by atoms with Crippen LogP contribution in [-0.4, -0.2) is 21.3 Å². The van der Waals surface area contributed by atoms with Crippen LogP contribution in [0.5, 0.6) is 0 Å². The van der Waals surface area contributed by atoms with Gasteiger partial charge in [-0.15, -0.1) is 10.2 Å². The molecule has 3 saturated carbocycles. The highest BCUT2D eigenvalue weighted by Crippen LogP contribution is 2.62. The average Bonchev–Trinajstić information content (AvgIpc) is 2.93. The maximum absolute atomic E-state index is 11.1. The summed E-state index contributed by atoms with van der Waals surface area (Å²) in [6.07, 6.45) is 8.95. The third-order valence-electron chi connectivity index (χ3n) is 5.89. The van der Waals surface area contributed by atoms with Crippen LogP contribution in [-0.2, 0) is 11.2 Å². The van der Waals surface area contributed by atoms with Crippen LogP contribution in [0.2, 0.25) is 0 Å². The van der Waals surface area contributed by atoms with Gasteiger partial charge < -0.3 is 9.52 Å². The third kappa shape index (κ3) is 2.36. The Labute approximate surface area is 124 Å². The molecular weight excluding hydrogens is 268 g/mol. The van der Waals surface area contributed by atoms with E-state index < -0.39 is 5.97 Å². The first-order valence-corrected chi connectivity index (χ1v) is 8.21.